The number of halogens is 2. The number of rotatable bonds is 12. The van der Waals surface area contributed by atoms with Crippen LogP contribution in [0.5, 0.6) is 5.75 Å². The van der Waals surface area contributed by atoms with E-state index in [1.165, 1.54) is 16.3 Å². The molecule has 0 saturated heterocycles. The molecule has 0 aliphatic rings. The predicted molar refractivity (Wildman–Crippen MR) is 144 cm³/mol. The molecule has 0 aliphatic carbocycles. The highest BCUT2D eigenvalue weighted by Crippen LogP contribution is 2.30. The van der Waals surface area contributed by atoms with Crippen molar-refractivity contribution >= 4 is 50.7 Å². The third kappa shape index (κ3) is 8.28. The maximum atomic E-state index is 13.3. The summed E-state index contributed by atoms with van der Waals surface area (Å²) < 4.78 is 31.6. The van der Waals surface area contributed by atoms with Crippen molar-refractivity contribution in [2.75, 3.05) is 24.2 Å². The van der Waals surface area contributed by atoms with Gasteiger partial charge in [-0.05, 0) is 57.0 Å². The van der Waals surface area contributed by atoms with Crippen molar-refractivity contribution < 1.29 is 22.7 Å². The van der Waals surface area contributed by atoms with Gasteiger partial charge in [0.15, 0.2) is 0 Å². The van der Waals surface area contributed by atoms with Gasteiger partial charge < -0.3 is 15.0 Å². The quantitative estimate of drug-likeness (QED) is 0.414. The summed E-state index contributed by atoms with van der Waals surface area (Å²) in [6.07, 6.45) is 1.35. The van der Waals surface area contributed by atoms with Crippen LogP contribution in [0.25, 0.3) is 0 Å². The van der Waals surface area contributed by atoms with E-state index >= 15 is 0 Å². The van der Waals surface area contributed by atoms with Gasteiger partial charge in [0.1, 0.15) is 11.8 Å². The zero-order valence-electron chi connectivity index (χ0n) is 21.1. The molecule has 0 bridgehead atoms. The van der Waals surface area contributed by atoms with Crippen molar-refractivity contribution in [2.24, 2.45) is 0 Å². The molecule has 2 amide bonds. The normalized spacial score (nSPS) is 12.2. The number of amides is 2. The number of para-hydroxylation sites is 2. The maximum Gasteiger partial charge on any atom is 0.242 e. The molecule has 0 unspecified atom stereocenters. The van der Waals surface area contributed by atoms with E-state index in [9.17, 15) is 18.0 Å². The highest BCUT2D eigenvalue weighted by molar-refractivity contribution is 7.92. The first kappa shape index (κ1) is 29.7. The fraction of sp³-hybridized carbons (Fsp3) is 0.440. The summed E-state index contributed by atoms with van der Waals surface area (Å²) in [5.41, 5.74) is 1.04. The highest BCUT2D eigenvalue weighted by Gasteiger charge is 2.28. The maximum absolute atomic E-state index is 13.3. The average Bonchev–Trinajstić information content (AvgIpc) is 2.79. The number of sulfonamides is 1. The molecular weight excluding hydrogens is 525 g/mol. The summed E-state index contributed by atoms with van der Waals surface area (Å²) in [6, 6.07) is 10.9. The lowest BCUT2D eigenvalue weighted by Gasteiger charge is -2.30. The number of hydrogen-bond acceptors (Lipinski definition) is 5. The Morgan fingerprint density at radius 3 is 2.33 bits per heavy atom. The number of hydrogen-bond donors (Lipinski definition) is 1. The molecule has 1 atom stereocenters. The molecule has 11 heteroatoms. The molecule has 1 N–H and O–H groups in total. The third-order valence-electron chi connectivity index (χ3n) is 5.46. The van der Waals surface area contributed by atoms with Crippen LogP contribution in [0.1, 0.15) is 39.2 Å². The first-order chi connectivity index (χ1) is 16.8. The van der Waals surface area contributed by atoms with Crippen LogP contribution in [0, 0.1) is 0 Å². The van der Waals surface area contributed by atoms with Crippen molar-refractivity contribution in [1.82, 2.24) is 10.2 Å². The molecule has 0 aromatic heterocycles. The number of ether oxygens (including phenoxy) is 1. The molecule has 0 aliphatic heterocycles. The van der Waals surface area contributed by atoms with Gasteiger partial charge in [-0.15, -0.1) is 0 Å². The monoisotopic (exact) mass is 557 g/mol. The Labute approximate surface area is 223 Å². The van der Waals surface area contributed by atoms with Crippen molar-refractivity contribution in [3.63, 3.8) is 0 Å². The molecule has 0 radical (unpaired) electrons. The minimum Gasteiger partial charge on any atom is -0.495 e. The molecule has 0 saturated carbocycles. The summed E-state index contributed by atoms with van der Waals surface area (Å²) in [5.74, 6) is -0.191. The predicted octanol–water partition coefficient (Wildman–Crippen LogP) is 4.49. The zero-order valence-corrected chi connectivity index (χ0v) is 23.5. The topological polar surface area (TPSA) is 96.0 Å². The van der Waals surface area contributed by atoms with Gasteiger partial charge in [0.05, 0.1) is 19.1 Å². The van der Waals surface area contributed by atoms with Crippen LogP contribution in [-0.4, -0.2) is 57.1 Å². The second-order valence-electron chi connectivity index (χ2n) is 8.71. The molecule has 198 valence electrons. The Kier molecular flexibility index (Phi) is 10.9. The number of nitrogens with zero attached hydrogens (tertiary/aromatic N) is 2. The lowest BCUT2D eigenvalue weighted by Crippen LogP contribution is -2.49. The van der Waals surface area contributed by atoms with Gasteiger partial charge in [-0.1, -0.05) is 41.4 Å². The van der Waals surface area contributed by atoms with E-state index in [1.54, 1.807) is 49.4 Å². The minimum atomic E-state index is -3.64. The fourth-order valence-electron chi connectivity index (χ4n) is 3.64. The molecule has 2 rings (SSSR count). The third-order valence-corrected chi connectivity index (χ3v) is 7.23. The standard InChI is InChI=1S/C25H33Cl2N3O5S/c1-17(2)28-25(32)18(3)29(16-19-12-13-20(26)15-21(19)27)24(31)11-8-14-30(36(5,33)34)22-9-6-7-10-23(22)35-4/h6-7,9-10,12-13,15,17-18H,8,11,14,16H2,1-5H3,(H,28,32)/t18-/m0/s1. The average molecular weight is 559 g/mol. The van der Waals surface area contributed by atoms with E-state index in [-0.39, 0.29) is 43.8 Å². The summed E-state index contributed by atoms with van der Waals surface area (Å²) in [5, 5.41) is 3.68. The number of methoxy groups -OCH3 is 1. The fourth-order valence-corrected chi connectivity index (χ4v) is 5.08. The second kappa shape index (κ2) is 13.2. The first-order valence-electron chi connectivity index (χ1n) is 11.5. The minimum absolute atomic E-state index is 0.0195. The van der Waals surface area contributed by atoms with Gasteiger partial charge in [0, 0.05) is 35.6 Å². The Morgan fingerprint density at radius 2 is 1.75 bits per heavy atom. The largest absolute Gasteiger partial charge is 0.495 e. The lowest BCUT2D eigenvalue weighted by molar-refractivity contribution is -0.140. The summed E-state index contributed by atoms with van der Waals surface area (Å²) in [4.78, 5) is 27.5. The first-order valence-corrected chi connectivity index (χ1v) is 14.1. The van der Waals surface area contributed by atoms with Crippen LogP contribution < -0.4 is 14.4 Å². The Morgan fingerprint density at radius 1 is 1.08 bits per heavy atom. The molecule has 2 aromatic rings. The lowest BCUT2D eigenvalue weighted by atomic mass is 10.1. The van der Waals surface area contributed by atoms with Crippen LogP contribution in [0.4, 0.5) is 5.69 Å². The number of carbonyl (C=O) groups excluding carboxylic acids is 2. The second-order valence-corrected chi connectivity index (χ2v) is 11.5. The van der Waals surface area contributed by atoms with Crippen LogP contribution in [-0.2, 0) is 26.2 Å². The van der Waals surface area contributed by atoms with E-state index in [0.717, 1.165) is 6.26 Å². The van der Waals surface area contributed by atoms with Crippen molar-refractivity contribution in [3.8, 4) is 5.75 Å². The Balaban J connectivity index is 2.23. The highest BCUT2D eigenvalue weighted by atomic mass is 35.5. The summed E-state index contributed by atoms with van der Waals surface area (Å²) in [7, 11) is -2.17. The van der Waals surface area contributed by atoms with Gasteiger partial charge in [-0.2, -0.15) is 0 Å². The molecule has 36 heavy (non-hydrogen) atoms. The summed E-state index contributed by atoms with van der Waals surface area (Å²) >= 11 is 12.3. The Bertz CT molecular complexity index is 1170. The molecule has 0 spiro atoms. The van der Waals surface area contributed by atoms with Gasteiger partial charge in [-0.3, -0.25) is 13.9 Å². The van der Waals surface area contributed by atoms with E-state index in [0.29, 0.717) is 27.0 Å². The van der Waals surface area contributed by atoms with Crippen molar-refractivity contribution in [2.45, 2.75) is 52.2 Å². The van der Waals surface area contributed by atoms with Crippen molar-refractivity contribution in [3.05, 3.63) is 58.1 Å². The molecule has 2 aromatic carbocycles. The zero-order chi connectivity index (χ0) is 27.0. The summed E-state index contributed by atoms with van der Waals surface area (Å²) in [6.45, 7) is 5.49. The van der Waals surface area contributed by atoms with E-state index in [2.05, 4.69) is 5.32 Å². The Hall–Kier alpha value is -2.49. The molecule has 0 heterocycles. The van der Waals surface area contributed by atoms with Crippen LogP contribution in [0.2, 0.25) is 10.0 Å². The number of benzene rings is 2. The SMILES string of the molecule is COc1ccccc1N(CCCC(=O)N(Cc1ccc(Cl)cc1Cl)[C@@H](C)C(=O)NC(C)C)S(C)(=O)=O. The number of anilines is 1. The van der Waals surface area contributed by atoms with Crippen molar-refractivity contribution in [1.29, 1.82) is 0 Å². The van der Waals surface area contributed by atoms with Crippen LogP contribution in [0.3, 0.4) is 0 Å². The van der Waals surface area contributed by atoms with Gasteiger partial charge in [0.2, 0.25) is 21.8 Å². The van der Waals surface area contributed by atoms with Crippen LogP contribution in [0.15, 0.2) is 42.5 Å². The van der Waals surface area contributed by atoms with Gasteiger partial charge >= 0.3 is 0 Å². The molecular formula is C25H33Cl2N3O5S. The van der Waals surface area contributed by atoms with E-state index < -0.39 is 16.1 Å². The smallest absolute Gasteiger partial charge is 0.242 e. The van der Waals surface area contributed by atoms with Gasteiger partial charge in [0.25, 0.3) is 0 Å². The van der Waals surface area contributed by atoms with E-state index in [4.69, 9.17) is 27.9 Å². The van der Waals surface area contributed by atoms with E-state index in [1.807, 2.05) is 13.8 Å². The molecule has 8 nitrogen and oxygen atoms in total. The number of carbonyl (C=O) groups is 2. The number of nitrogens with one attached hydrogen (secondary N) is 1. The molecule has 0 fully saturated rings. The van der Waals surface area contributed by atoms with Crippen LogP contribution >= 0.6 is 23.2 Å². The van der Waals surface area contributed by atoms with Gasteiger partial charge in [-0.25, -0.2) is 8.42 Å².